The molecular weight excluding hydrogens is 258 g/mol. The fourth-order valence-electron chi connectivity index (χ4n) is 2.48. The molecule has 0 heterocycles. The third-order valence-corrected chi connectivity index (χ3v) is 3.76. The van der Waals surface area contributed by atoms with Gasteiger partial charge in [-0.2, -0.15) is 0 Å². The molecule has 0 aliphatic heterocycles. The van der Waals surface area contributed by atoms with Crippen LogP contribution in [0.4, 0.5) is 9.59 Å². The summed E-state index contributed by atoms with van der Waals surface area (Å²) in [7, 11) is 0. The summed E-state index contributed by atoms with van der Waals surface area (Å²) in [5.41, 5.74) is 0. The highest BCUT2D eigenvalue weighted by Gasteiger charge is 2.20. The van der Waals surface area contributed by atoms with E-state index in [1.807, 2.05) is 13.8 Å². The number of carbonyl (C=O) groups is 3. The summed E-state index contributed by atoms with van der Waals surface area (Å²) in [4.78, 5) is 34.8. The Kier molecular flexibility index (Phi) is 7.04. The highest BCUT2D eigenvalue weighted by Crippen LogP contribution is 2.17. The lowest BCUT2D eigenvalue weighted by Gasteiger charge is -2.22. The van der Waals surface area contributed by atoms with Crippen LogP contribution >= 0.6 is 0 Å². The summed E-state index contributed by atoms with van der Waals surface area (Å²) in [6.07, 6.45) is 6.63. The fourth-order valence-corrected chi connectivity index (χ4v) is 2.48. The zero-order chi connectivity index (χ0) is 15.0. The van der Waals surface area contributed by atoms with Gasteiger partial charge in [-0.1, -0.05) is 33.1 Å². The second-order valence-corrected chi connectivity index (χ2v) is 5.27. The van der Waals surface area contributed by atoms with Crippen molar-refractivity contribution in [1.82, 2.24) is 16.0 Å². The second kappa shape index (κ2) is 8.55. The Morgan fingerprint density at radius 3 is 2.10 bits per heavy atom. The third-order valence-electron chi connectivity index (χ3n) is 3.76. The number of nitrogens with one attached hydrogen (secondary N) is 3. The highest BCUT2D eigenvalue weighted by molar-refractivity contribution is 6.02. The fraction of sp³-hybridized carbons (Fsp3) is 0.786. The Morgan fingerprint density at radius 1 is 0.950 bits per heavy atom. The van der Waals surface area contributed by atoms with E-state index in [9.17, 15) is 14.4 Å². The molecule has 0 bridgehead atoms. The quantitative estimate of drug-likeness (QED) is 0.739. The molecule has 0 saturated heterocycles. The maximum Gasteiger partial charge on any atom is 0.329 e. The second-order valence-electron chi connectivity index (χ2n) is 5.27. The van der Waals surface area contributed by atoms with Crippen molar-refractivity contribution in [2.24, 2.45) is 5.92 Å². The largest absolute Gasteiger partial charge is 0.335 e. The van der Waals surface area contributed by atoms with Gasteiger partial charge in [0, 0.05) is 12.0 Å². The first kappa shape index (κ1) is 16.5. The molecule has 0 atom stereocenters. The molecule has 0 aromatic carbocycles. The minimum atomic E-state index is -0.754. The molecule has 20 heavy (non-hydrogen) atoms. The number of imide groups is 2. The van der Waals surface area contributed by atoms with Crippen molar-refractivity contribution >= 4 is 18.0 Å². The average Bonchev–Trinajstić information content (AvgIpc) is 2.40. The molecule has 1 aliphatic rings. The standard InChI is InChI=1S/C14H25N3O3/c1-3-10(4-2)12(18)16-14(20)17-13(19)15-11-8-6-5-7-9-11/h10-11H,3-9H2,1-2H3,(H3,15,16,17,18,19,20). The molecule has 0 aromatic heterocycles. The van der Waals surface area contributed by atoms with E-state index in [0.717, 1.165) is 25.7 Å². The van der Waals surface area contributed by atoms with Crippen molar-refractivity contribution in [2.75, 3.05) is 0 Å². The Labute approximate surface area is 120 Å². The van der Waals surface area contributed by atoms with Crippen molar-refractivity contribution in [2.45, 2.75) is 64.8 Å². The maximum atomic E-state index is 11.7. The lowest BCUT2D eigenvalue weighted by Crippen LogP contribution is -2.50. The normalized spacial score (nSPS) is 15.8. The number of rotatable bonds is 4. The van der Waals surface area contributed by atoms with Crippen molar-refractivity contribution < 1.29 is 14.4 Å². The van der Waals surface area contributed by atoms with E-state index in [-0.39, 0.29) is 17.9 Å². The predicted octanol–water partition coefficient (Wildman–Crippen LogP) is 2.29. The van der Waals surface area contributed by atoms with Crippen LogP contribution in [0.1, 0.15) is 58.8 Å². The summed E-state index contributed by atoms with van der Waals surface area (Å²) in [6, 6.07) is -1.16. The van der Waals surface area contributed by atoms with Crippen LogP contribution in [-0.2, 0) is 4.79 Å². The number of amides is 5. The van der Waals surface area contributed by atoms with Gasteiger partial charge in [-0.05, 0) is 25.7 Å². The van der Waals surface area contributed by atoms with Crippen LogP contribution in [0.3, 0.4) is 0 Å². The van der Waals surface area contributed by atoms with Gasteiger partial charge in [0.05, 0.1) is 0 Å². The van der Waals surface area contributed by atoms with E-state index in [2.05, 4.69) is 16.0 Å². The van der Waals surface area contributed by atoms with E-state index in [4.69, 9.17) is 0 Å². The molecule has 0 unspecified atom stereocenters. The van der Waals surface area contributed by atoms with Gasteiger partial charge < -0.3 is 5.32 Å². The molecule has 1 fully saturated rings. The van der Waals surface area contributed by atoms with Gasteiger partial charge in [-0.3, -0.25) is 15.4 Å². The monoisotopic (exact) mass is 283 g/mol. The molecular formula is C14H25N3O3. The molecule has 0 spiro atoms. The van der Waals surface area contributed by atoms with Gasteiger partial charge in [-0.25, -0.2) is 9.59 Å². The minimum absolute atomic E-state index is 0.131. The van der Waals surface area contributed by atoms with Crippen molar-refractivity contribution in [3.05, 3.63) is 0 Å². The Morgan fingerprint density at radius 2 is 1.55 bits per heavy atom. The van der Waals surface area contributed by atoms with Crippen LogP contribution in [0.25, 0.3) is 0 Å². The predicted molar refractivity (Wildman–Crippen MR) is 76.2 cm³/mol. The molecule has 114 valence electrons. The summed E-state index contributed by atoms with van der Waals surface area (Å²) < 4.78 is 0. The topological polar surface area (TPSA) is 87.3 Å². The van der Waals surface area contributed by atoms with E-state index in [1.54, 1.807) is 0 Å². The lowest BCUT2D eigenvalue weighted by molar-refractivity contribution is -0.124. The van der Waals surface area contributed by atoms with E-state index >= 15 is 0 Å². The maximum absolute atomic E-state index is 11.7. The first-order valence-electron chi connectivity index (χ1n) is 7.49. The smallest absolute Gasteiger partial charge is 0.329 e. The van der Waals surface area contributed by atoms with Gasteiger partial charge in [0.15, 0.2) is 0 Å². The highest BCUT2D eigenvalue weighted by atomic mass is 16.2. The summed E-state index contributed by atoms with van der Waals surface area (Å²) >= 11 is 0. The molecule has 0 aromatic rings. The van der Waals surface area contributed by atoms with Gasteiger partial charge in [0.2, 0.25) is 5.91 Å². The van der Waals surface area contributed by atoms with E-state index < -0.39 is 12.1 Å². The first-order valence-corrected chi connectivity index (χ1v) is 7.49. The Bertz CT molecular complexity index is 348. The number of carbonyl (C=O) groups excluding carboxylic acids is 3. The van der Waals surface area contributed by atoms with E-state index in [0.29, 0.717) is 12.8 Å². The molecule has 1 rings (SSSR count). The molecule has 1 aliphatic carbocycles. The molecule has 6 heteroatoms. The molecule has 3 N–H and O–H groups in total. The summed E-state index contributed by atoms with van der Waals surface area (Å²) in [6.45, 7) is 3.78. The van der Waals surface area contributed by atoms with Crippen LogP contribution in [0, 0.1) is 5.92 Å². The van der Waals surface area contributed by atoms with Gasteiger partial charge in [0.1, 0.15) is 0 Å². The molecule has 0 radical (unpaired) electrons. The van der Waals surface area contributed by atoms with Gasteiger partial charge in [0.25, 0.3) is 0 Å². The van der Waals surface area contributed by atoms with Crippen LogP contribution in [0.5, 0.6) is 0 Å². The van der Waals surface area contributed by atoms with Crippen molar-refractivity contribution in [3.8, 4) is 0 Å². The Balaban J connectivity index is 2.30. The minimum Gasteiger partial charge on any atom is -0.335 e. The van der Waals surface area contributed by atoms with Gasteiger partial charge >= 0.3 is 12.1 Å². The third kappa shape index (κ3) is 5.59. The number of hydrogen-bond acceptors (Lipinski definition) is 3. The zero-order valence-electron chi connectivity index (χ0n) is 12.3. The average molecular weight is 283 g/mol. The molecule has 1 saturated carbocycles. The Hall–Kier alpha value is -1.59. The number of urea groups is 2. The van der Waals surface area contributed by atoms with Crippen LogP contribution in [-0.4, -0.2) is 24.0 Å². The lowest BCUT2D eigenvalue weighted by atomic mass is 9.96. The van der Waals surface area contributed by atoms with Crippen LogP contribution in [0.2, 0.25) is 0 Å². The van der Waals surface area contributed by atoms with Gasteiger partial charge in [-0.15, -0.1) is 0 Å². The molecule has 6 nitrogen and oxygen atoms in total. The molecule has 5 amide bonds. The SMILES string of the molecule is CCC(CC)C(=O)NC(=O)NC(=O)NC1CCCCC1. The van der Waals surface area contributed by atoms with E-state index in [1.165, 1.54) is 6.42 Å². The van der Waals surface area contributed by atoms with Crippen LogP contribution in [0.15, 0.2) is 0 Å². The van der Waals surface area contributed by atoms with Crippen LogP contribution < -0.4 is 16.0 Å². The van der Waals surface area contributed by atoms with Crippen molar-refractivity contribution in [1.29, 1.82) is 0 Å². The zero-order valence-corrected chi connectivity index (χ0v) is 12.3. The number of hydrogen-bond donors (Lipinski definition) is 3. The van der Waals surface area contributed by atoms with Crippen molar-refractivity contribution in [3.63, 3.8) is 0 Å². The summed E-state index contributed by atoms with van der Waals surface area (Å²) in [5.74, 6) is -0.528. The first-order chi connectivity index (χ1) is 9.56. The summed E-state index contributed by atoms with van der Waals surface area (Å²) in [5, 5.41) is 7.10.